The van der Waals surface area contributed by atoms with Gasteiger partial charge in [-0.25, -0.2) is 9.65 Å². The van der Waals surface area contributed by atoms with Gasteiger partial charge in [0.2, 0.25) is 0 Å². The van der Waals surface area contributed by atoms with Crippen molar-refractivity contribution in [3.63, 3.8) is 0 Å². The Hall–Kier alpha value is -4.54. The summed E-state index contributed by atoms with van der Waals surface area (Å²) < 4.78 is 24.4. The van der Waals surface area contributed by atoms with Crippen LogP contribution in [0, 0.1) is 12.3 Å². The number of pyridine rings is 1. The van der Waals surface area contributed by atoms with Crippen LogP contribution >= 0.6 is 19.4 Å². The Morgan fingerprint density at radius 1 is 1.00 bits per heavy atom. The molecule has 2 atom stereocenters. The largest absolute Gasteiger partial charge is 0.418 e. The van der Waals surface area contributed by atoms with Crippen LogP contribution in [0.25, 0.3) is 6.08 Å². The molecule has 0 saturated carbocycles. The molecule has 2 unspecified atom stereocenters. The standard InChI is InChI=1S/C32H32N5O4PS.C2H6O/c1-22-11-14-25(15-12-22)41-42(40,36-23(2)21-38)37-30-20-26(43-31-10-5-4-9-28(31)32(39)34-3)16-17-27(30)29(33)18-13-24-8-6-7-19-35-24;1-3-2/h4-21,23,33H,1-3H3,(H,34,39)(H2,36,37,40);1-2H3/b18-13+,33-29?;. The molecule has 0 aliphatic heterocycles. The monoisotopic (exact) mass is 659 g/mol. The minimum absolute atomic E-state index is 0.126. The average Bonchev–Trinajstić information content (AvgIpc) is 3.05. The molecule has 1 heterocycles. The van der Waals surface area contributed by atoms with E-state index in [0.717, 1.165) is 15.4 Å². The van der Waals surface area contributed by atoms with Crippen molar-refractivity contribution in [2.45, 2.75) is 29.7 Å². The summed E-state index contributed by atoms with van der Waals surface area (Å²) in [6, 6.07) is 24.2. The number of aryl methyl sites for hydroxylation is 1. The van der Waals surface area contributed by atoms with Gasteiger partial charge in [0, 0.05) is 42.8 Å². The fourth-order valence-electron chi connectivity index (χ4n) is 3.94. The highest BCUT2D eigenvalue weighted by Crippen LogP contribution is 2.45. The average molecular weight is 660 g/mol. The van der Waals surface area contributed by atoms with Gasteiger partial charge in [-0.05, 0) is 80.6 Å². The summed E-state index contributed by atoms with van der Waals surface area (Å²) in [6.07, 6.45) is 5.61. The van der Waals surface area contributed by atoms with E-state index in [1.807, 2.05) is 55.5 Å². The SMILES string of the molecule is CNC(=O)c1ccccc1Sc1ccc(C(=N)/C=C/c2ccccn2)c(NP(=O)(NC(C)C=O)Oc2ccc(C)cc2)c1.COC. The van der Waals surface area contributed by atoms with Crippen molar-refractivity contribution in [1.29, 1.82) is 5.41 Å². The summed E-state index contributed by atoms with van der Waals surface area (Å²) >= 11 is 1.35. The van der Waals surface area contributed by atoms with Crippen molar-refractivity contribution in [2.24, 2.45) is 0 Å². The summed E-state index contributed by atoms with van der Waals surface area (Å²) in [5.74, 6) is 0.117. The number of amides is 1. The third-order valence-electron chi connectivity index (χ3n) is 6.08. The van der Waals surface area contributed by atoms with Crippen LogP contribution in [0.5, 0.6) is 5.75 Å². The van der Waals surface area contributed by atoms with E-state index in [4.69, 9.17) is 9.93 Å². The van der Waals surface area contributed by atoms with Gasteiger partial charge in [-0.2, -0.15) is 0 Å². The highest BCUT2D eigenvalue weighted by Gasteiger charge is 2.29. The number of ether oxygens (including phenoxy) is 1. The predicted octanol–water partition coefficient (Wildman–Crippen LogP) is 7.02. The number of methoxy groups -OCH3 is 1. The molecule has 0 bridgehead atoms. The molecular formula is C34H38N5O5PS. The lowest BCUT2D eigenvalue weighted by atomic mass is 10.1. The molecule has 10 nitrogen and oxygen atoms in total. The molecule has 0 radical (unpaired) electrons. The van der Waals surface area contributed by atoms with Gasteiger partial charge in [-0.1, -0.05) is 47.7 Å². The van der Waals surface area contributed by atoms with E-state index in [9.17, 15) is 14.2 Å². The minimum Gasteiger partial charge on any atom is -0.418 e. The first-order valence-corrected chi connectivity index (χ1v) is 16.6. The maximum atomic E-state index is 14.3. The molecule has 4 aromatic rings. The topological polar surface area (TPSA) is 142 Å². The normalized spacial score (nSPS) is 12.6. The Kier molecular flexibility index (Phi) is 13.9. The van der Waals surface area contributed by atoms with Crippen molar-refractivity contribution >= 4 is 49.1 Å². The number of rotatable bonds is 13. The minimum atomic E-state index is -3.96. The van der Waals surface area contributed by atoms with E-state index in [-0.39, 0.29) is 11.6 Å². The van der Waals surface area contributed by atoms with Crippen LogP contribution in [0.15, 0.2) is 107 Å². The maximum absolute atomic E-state index is 14.3. The van der Waals surface area contributed by atoms with Crippen molar-refractivity contribution in [3.8, 4) is 5.75 Å². The van der Waals surface area contributed by atoms with E-state index in [1.165, 1.54) is 11.8 Å². The Bertz CT molecular complexity index is 1700. The summed E-state index contributed by atoms with van der Waals surface area (Å²) in [7, 11) is 0.858. The van der Waals surface area contributed by atoms with Crippen molar-refractivity contribution in [2.75, 3.05) is 26.4 Å². The number of allylic oxidation sites excluding steroid dienone is 1. The van der Waals surface area contributed by atoms with Crippen LogP contribution in [-0.4, -0.2) is 50.2 Å². The second-order valence-corrected chi connectivity index (χ2v) is 12.8. The number of nitrogens with one attached hydrogen (secondary N) is 4. The van der Waals surface area contributed by atoms with Gasteiger partial charge < -0.3 is 24.8 Å². The van der Waals surface area contributed by atoms with Crippen molar-refractivity contribution in [3.05, 3.63) is 120 Å². The van der Waals surface area contributed by atoms with Gasteiger partial charge in [-0.3, -0.25) is 14.9 Å². The molecule has 1 amide bonds. The molecule has 12 heteroatoms. The zero-order chi connectivity index (χ0) is 33.5. The molecule has 4 N–H and O–H groups in total. The molecule has 4 rings (SSSR count). The van der Waals surface area contributed by atoms with Gasteiger partial charge in [0.25, 0.3) is 5.91 Å². The number of hydrogen-bond donors (Lipinski definition) is 4. The Morgan fingerprint density at radius 3 is 2.35 bits per heavy atom. The number of aromatic nitrogens is 1. The van der Waals surface area contributed by atoms with Gasteiger partial charge in [0.05, 0.1) is 28.7 Å². The van der Waals surface area contributed by atoms with E-state index >= 15 is 0 Å². The maximum Gasteiger partial charge on any atom is 0.417 e. The molecule has 240 valence electrons. The molecule has 0 fully saturated rings. The molecule has 46 heavy (non-hydrogen) atoms. The quantitative estimate of drug-likeness (QED) is 0.0677. The van der Waals surface area contributed by atoms with E-state index < -0.39 is 13.7 Å². The molecule has 0 saturated heterocycles. The van der Waals surface area contributed by atoms with Gasteiger partial charge in [0.15, 0.2) is 0 Å². The summed E-state index contributed by atoms with van der Waals surface area (Å²) in [5, 5.41) is 17.3. The lowest BCUT2D eigenvalue weighted by Gasteiger charge is -2.25. The summed E-state index contributed by atoms with van der Waals surface area (Å²) in [5.41, 5.74) is 3.08. The first-order chi connectivity index (χ1) is 22.1. The van der Waals surface area contributed by atoms with E-state index in [2.05, 4.69) is 25.2 Å². The number of benzene rings is 3. The first kappa shape index (κ1) is 35.9. The number of nitrogens with zero attached hydrogens (tertiary/aromatic N) is 1. The number of carbonyl (C=O) groups excluding carboxylic acids is 2. The number of anilines is 1. The number of hydrogen-bond acceptors (Lipinski definition) is 8. The van der Waals surface area contributed by atoms with E-state index in [0.29, 0.717) is 34.5 Å². The van der Waals surface area contributed by atoms with Crippen LogP contribution in [0.3, 0.4) is 0 Å². The highest BCUT2D eigenvalue weighted by atomic mass is 32.2. The second kappa shape index (κ2) is 17.8. The van der Waals surface area contributed by atoms with Crippen LogP contribution in [0.2, 0.25) is 0 Å². The third kappa shape index (κ3) is 10.8. The lowest BCUT2D eigenvalue weighted by Crippen LogP contribution is -2.30. The first-order valence-electron chi connectivity index (χ1n) is 14.2. The fourth-order valence-corrected chi connectivity index (χ4v) is 6.60. The number of carbonyl (C=O) groups is 2. The summed E-state index contributed by atoms with van der Waals surface area (Å²) in [4.78, 5) is 29.7. The fraction of sp³-hybridized carbons (Fsp3) is 0.176. The molecule has 0 spiro atoms. The second-order valence-electron chi connectivity index (χ2n) is 9.92. The van der Waals surface area contributed by atoms with E-state index in [1.54, 1.807) is 82.9 Å². The predicted molar refractivity (Wildman–Crippen MR) is 185 cm³/mol. The van der Waals surface area contributed by atoms with Gasteiger partial charge >= 0.3 is 7.67 Å². The molecule has 1 aromatic heterocycles. The zero-order valence-electron chi connectivity index (χ0n) is 26.3. The Labute approximate surface area is 274 Å². The van der Waals surface area contributed by atoms with Crippen molar-refractivity contribution in [1.82, 2.24) is 15.4 Å². The number of aldehydes is 1. The third-order valence-corrected chi connectivity index (χ3v) is 8.89. The van der Waals surface area contributed by atoms with Crippen LogP contribution in [-0.2, 0) is 14.1 Å². The van der Waals surface area contributed by atoms with Gasteiger partial charge in [-0.15, -0.1) is 0 Å². The molecule has 0 aliphatic carbocycles. The van der Waals surface area contributed by atoms with Crippen LogP contribution < -0.4 is 20.0 Å². The molecule has 3 aromatic carbocycles. The molecule has 0 aliphatic rings. The van der Waals surface area contributed by atoms with Crippen LogP contribution in [0.4, 0.5) is 5.69 Å². The van der Waals surface area contributed by atoms with Crippen LogP contribution in [0.1, 0.15) is 34.1 Å². The lowest BCUT2D eigenvalue weighted by molar-refractivity contribution is -0.108. The Morgan fingerprint density at radius 2 is 1.70 bits per heavy atom. The van der Waals surface area contributed by atoms with Gasteiger partial charge in [0.1, 0.15) is 12.0 Å². The summed E-state index contributed by atoms with van der Waals surface area (Å²) in [6.45, 7) is 3.50. The Balaban J connectivity index is 0.00000185. The zero-order valence-corrected chi connectivity index (χ0v) is 28.0. The molecular weight excluding hydrogens is 621 g/mol. The van der Waals surface area contributed by atoms with Crippen molar-refractivity contribution < 1.29 is 23.4 Å². The smallest absolute Gasteiger partial charge is 0.417 e. The highest BCUT2D eigenvalue weighted by molar-refractivity contribution is 7.99.